The lowest BCUT2D eigenvalue weighted by Crippen LogP contribution is -2.12. The van der Waals surface area contributed by atoms with Crippen LogP contribution in [-0.4, -0.2) is 22.5 Å². The topological polar surface area (TPSA) is 21.1 Å². The molecule has 2 aromatic rings. The van der Waals surface area contributed by atoms with Crippen molar-refractivity contribution in [3.05, 3.63) is 23.5 Å². The maximum Gasteiger partial charge on any atom is 0.152 e. The zero-order chi connectivity index (χ0) is 13.3. The Bertz CT molecular complexity index is 565. The van der Waals surface area contributed by atoms with Crippen LogP contribution in [-0.2, 0) is 6.42 Å². The Hall–Kier alpha value is -0.430. The Morgan fingerprint density at radius 3 is 2.78 bits per heavy atom. The molecule has 0 saturated heterocycles. The van der Waals surface area contributed by atoms with Crippen LogP contribution >= 0.6 is 30.3 Å². The molecule has 0 fully saturated rings. The van der Waals surface area contributed by atoms with Crippen molar-refractivity contribution < 1.29 is 0 Å². The number of pyridine rings is 1. The Morgan fingerprint density at radius 1 is 1.39 bits per heavy atom. The van der Waals surface area contributed by atoms with E-state index in [-0.39, 0.29) is 0 Å². The van der Waals surface area contributed by atoms with E-state index in [9.17, 15) is 0 Å². The van der Waals surface area contributed by atoms with Gasteiger partial charge in [0.2, 0.25) is 0 Å². The van der Waals surface area contributed by atoms with Crippen molar-refractivity contribution in [1.82, 2.24) is 8.96 Å². The molecular formula is C13H18IN3S. The molecule has 0 aromatic carbocycles. The Morgan fingerprint density at radius 2 is 2.11 bits per heavy atom. The Balaban J connectivity index is 0.000000574. The molecule has 1 aliphatic rings. The molecular weight excluding hydrogens is 357 g/mol. The fraction of sp³-hybridized carbons (Fsp3) is 0.462. The second kappa shape index (κ2) is 5.69. The summed E-state index contributed by atoms with van der Waals surface area (Å²) < 4.78 is 2.18. The van der Waals surface area contributed by atoms with E-state index < -0.39 is 0 Å². The molecule has 18 heavy (non-hydrogen) atoms. The molecule has 5 heteroatoms. The fourth-order valence-electron chi connectivity index (χ4n) is 2.40. The summed E-state index contributed by atoms with van der Waals surface area (Å²) in [4.78, 5) is 6.92. The molecule has 3 nitrogen and oxygen atoms in total. The normalized spacial score (nSPS) is 13.5. The van der Waals surface area contributed by atoms with Crippen LogP contribution in [0.15, 0.2) is 12.3 Å². The summed E-state index contributed by atoms with van der Waals surface area (Å²) in [6.45, 7) is 7.24. The van der Waals surface area contributed by atoms with Gasteiger partial charge in [0.05, 0.1) is 5.69 Å². The van der Waals surface area contributed by atoms with Gasteiger partial charge in [0.1, 0.15) is 0 Å². The minimum absolute atomic E-state index is 1.09. The lowest BCUT2D eigenvalue weighted by Gasteiger charge is -2.12. The molecule has 3 rings (SSSR count). The largest absolute Gasteiger partial charge is 0.373 e. The quantitative estimate of drug-likeness (QED) is 0.697. The van der Waals surface area contributed by atoms with Gasteiger partial charge in [0, 0.05) is 61.2 Å². The minimum Gasteiger partial charge on any atom is -0.373 e. The third kappa shape index (κ3) is 2.11. The van der Waals surface area contributed by atoms with Gasteiger partial charge in [-0.25, -0.2) is 4.98 Å². The Kier molecular flexibility index (Phi) is 4.42. The molecule has 0 bridgehead atoms. The molecule has 0 N–H and O–H groups in total. The van der Waals surface area contributed by atoms with E-state index in [1.165, 1.54) is 22.3 Å². The summed E-state index contributed by atoms with van der Waals surface area (Å²) in [5.41, 5.74) is 5.10. The number of aromatic nitrogens is 2. The number of fused-ring (bicyclic) bond motifs is 3. The highest BCUT2D eigenvalue weighted by Gasteiger charge is 2.21. The summed E-state index contributed by atoms with van der Waals surface area (Å²) in [5.74, 6) is 0. The van der Waals surface area contributed by atoms with E-state index >= 15 is 0 Å². The SMILES string of the molecule is CC.Cc1cc2c3c(cnc2n1SI)CCN3C. The molecule has 0 aliphatic carbocycles. The number of hydrogen-bond acceptors (Lipinski definition) is 3. The molecule has 0 amide bonds. The van der Waals surface area contributed by atoms with Gasteiger partial charge in [0.15, 0.2) is 5.65 Å². The predicted molar refractivity (Wildman–Crippen MR) is 89.8 cm³/mol. The molecule has 3 heterocycles. The zero-order valence-corrected chi connectivity index (χ0v) is 14.2. The molecule has 98 valence electrons. The van der Waals surface area contributed by atoms with Gasteiger partial charge in [-0.05, 0) is 25.0 Å². The zero-order valence-electron chi connectivity index (χ0n) is 11.2. The van der Waals surface area contributed by atoms with Crippen molar-refractivity contribution in [2.24, 2.45) is 0 Å². The molecule has 0 spiro atoms. The molecule has 0 atom stereocenters. The summed E-state index contributed by atoms with van der Waals surface area (Å²) >= 11 is 2.30. The van der Waals surface area contributed by atoms with Gasteiger partial charge in [-0.2, -0.15) is 0 Å². The molecule has 0 radical (unpaired) electrons. The lowest BCUT2D eigenvalue weighted by atomic mass is 10.2. The van der Waals surface area contributed by atoms with Gasteiger partial charge < -0.3 is 4.90 Å². The number of aryl methyl sites for hydroxylation is 1. The average molecular weight is 375 g/mol. The van der Waals surface area contributed by atoms with Crippen LogP contribution in [0.3, 0.4) is 0 Å². The summed E-state index contributed by atoms with van der Waals surface area (Å²) in [7, 11) is 3.85. The first kappa shape index (κ1) is 14.0. The number of rotatable bonds is 1. The maximum atomic E-state index is 4.59. The van der Waals surface area contributed by atoms with Crippen LogP contribution in [0.5, 0.6) is 0 Å². The average Bonchev–Trinajstić information content (AvgIpc) is 2.91. The van der Waals surface area contributed by atoms with Crippen molar-refractivity contribution in [2.75, 3.05) is 18.5 Å². The summed E-state index contributed by atoms with van der Waals surface area (Å²) in [6.07, 6.45) is 3.15. The van der Waals surface area contributed by atoms with E-state index in [1.54, 1.807) is 9.12 Å². The van der Waals surface area contributed by atoms with Crippen LogP contribution in [0.4, 0.5) is 5.69 Å². The first-order valence-corrected chi connectivity index (χ1v) is 9.54. The van der Waals surface area contributed by atoms with E-state index in [1.807, 2.05) is 20.0 Å². The van der Waals surface area contributed by atoms with Crippen LogP contribution in [0.2, 0.25) is 0 Å². The lowest BCUT2D eigenvalue weighted by molar-refractivity contribution is 0.956. The first-order valence-electron chi connectivity index (χ1n) is 6.22. The van der Waals surface area contributed by atoms with E-state index in [2.05, 4.69) is 55.1 Å². The van der Waals surface area contributed by atoms with E-state index in [0.29, 0.717) is 0 Å². The third-order valence-electron chi connectivity index (χ3n) is 3.18. The Labute approximate surface area is 125 Å². The van der Waals surface area contributed by atoms with Crippen molar-refractivity contribution in [1.29, 1.82) is 0 Å². The van der Waals surface area contributed by atoms with Crippen LogP contribution < -0.4 is 4.90 Å². The van der Waals surface area contributed by atoms with Crippen LogP contribution in [0.1, 0.15) is 25.1 Å². The molecule has 1 aliphatic heterocycles. The molecule has 0 unspecified atom stereocenters. The summed E-state index contributed by atoms with van der Waals surface area (Å²) in [5, 5.41) is 1.29. The third-order valence-corrected chi connectivity index (χ3v) is 4.96. The smallest absolute Gasteiger partial charge is 0.152 e. The van der Waals surface area contributed by atoms with Crippen molar-refractivity contribution in [2.45, 2.75) is 27.2 Å². The standard InChI is InChI=1S/C11H12IN3S.C2H6/c1-7-5-9-10-8(3-4-14(10)2)6-13-11(9)15(7)16-12;1-2/h5-6H,3-4H2,1-2H3;1-2H3. The van der Waals surface area contributed by atoms with Gasteiger partial charge in [0.25, 0.3) is 0 Å². The first-order chi connectivity index (χ1) is 8.72. The monoisotopic (exact) mass is 375 g/mol. The number of hydrogen-bond donors (Lipinski definition) is 0. The predicted octanol–water partition coefficient (Wildman–Crippen LogP) is 4.21. The summed E-state index contributed by atoms with van der Waals surface area (Å²) in [6, 6.07) is 2.24. The molecule has 2 aromatic heterocycles. The highest BCUT2D eigenvalue weighted by molar-refractivity contribution is 14.2. The number of likely N-dealkylation sites (N-methyl/N-ethyl adjacent to an activating group) is 1. The number of anilines is 1. The highest BCUT2D eigenvalue weighted by atomic mass is 127. The van der Waals surface area contributed by atoms with Gasteiger partial charge >= 0.3 is 0 Å². The second-order valence-electron chi connectivity index (χ2n) is 4.19. The number of halogens is 1. The van der Waals surface area contributed by atoms with Gasteiger partial charge in [-0.3, -0.25) is 3.97 Å². The van der Waals surface area contributed by atoms with Crippen molar-refractivity contribution in [3.63, 3.8) is 0 Å². The van der Waals surface area contributed by atoms with Crippen LogP contribution in [0.25, 0.3) is 11.0 Å². The van der Waals surface area contributed by atoms with Gasteiger partial charge in [-0.15, -0.1) is 0 Å². The maximum absolute atomic E-state index is 4.59. The van der Waals surface area contributed by atoms with E-state index in [4.69, 9.17) is 0 Å². The minimum atomic E-state index is 1.09. The number of nitrogens with zero attached hydrogens (tertiary/aromatic N) is 3. The fourth-order valence-corrected chi connectivity index (χ4v) is 4.26. The second-order valence-corrected chi connectivity index (χ2v) is 5.87. The molecule has 0 saturated carbocycles. The van der Waals surface area contributed by atoms with Crippen molar-refractivity contribution in [3.8, 4) is 0 Å². The van der Waals surface area contributed by atoms with E-state index in [0.717, 1.165) is 18.6 Å². The highest BCUT2D eigenvalue weighted by Crippen LogP contribution is 2.37. The van der Waals surface area contributed by atoms with Gasteiger partial charge in [-0.1, -0.05) is 13.8 Å². The van der Waals surface area contributed by atoms with Crippen LogP contribution in [0, 0.1) is 6.92 Å². The van der Waals surface area contributed by atoms with Crippen molar-refractivity contribution >= 4 is 47.0 Å².